The highest BCUT2D eigenvalue weighted by molar-refractivity contribution is 7.10. The van der Waals surface area contributed by atoms with E-state index in [0.29, 0.717) is 12.8 Å². The van der Waals surface area contributed by atoms with Gasteiger partial charge in [0.25, 0.3) is 0 Å². The van der Waals surface area contributed by atoms with Gasteiger partial charge >= 0.3 is 0 Å². The van der Waals surface area contributed by atoms with Gasteiger partial charge in [-0.25, -0.2) is 0 Å². The molecule has 0 radical (unpaired) electrons. The largest absolute Gasteiger partial charge is 0.357 e. The van der Waals surface area contributed by atoms with Gasteiger partial charge in [-0.3, -0.25) is 14.5 Å². The van der Waals surface area contributed by atoms with E-state index in [1.165, 1.54) is 0 Å². The minimum absolute atomic E-state index is 0.0600. The number of fused-ring (bicyclic) bond motifs is 1. The predicted octanol–water partition coefficient (Wildman–Crippen LogP) is 5.30. The summed E-state index contributed by atoms with van der Waals surface area (Å²) in [5.41, 5.74) is 3.48. The Labute approximate surface area is 163 Å². The van der Waals surface area contributed by atoms with Crippen LogP contribution in [0, 0.1) is 5.92 Å². The molecule has 1 aromatic heterocycles. The van der Waals surface area contributed by atoms with Crippen molar-refractivity contribution in [1.29, 1.82) is 0 Å². The molecule has 2 aromatic rings. The number of hydrogen-bond acceptors (Lipinski definition) is 4. The lowest BCUT2D eigenvalue weighted by Crippen LogP contribution is -2.38. The molecule has 1 N–H and O–H groups in total. The molecule has 4 nitrogen and oxygen atoms in total. The van der Waals surface area contributed by atoms with Crippen molar-refractivity contribution in [1.82, 2.24) is 0 Å². The lowest BCUT2D eigenvalue weighted by atomic mass is 9.88. The Kier molecular flexibility index (Phi) is 4.87. The highest BCUT2D eigenvalue weighted by Gasteiger charge is 2.39. The van der Waals surface area contributed by atoms with Crippen LogP contribution >= 0.6 is 11.3 Å². The van der Waals surface area contributed by atoms with Gasteiger partial charge in [0.2, 0.25) is 5.91 Å². The number of benzene rings is 1. The third-order valence-corrected chi connectivity index (χ3v) is 6.03. The van der Waals surface area contributed by atoms with E-state index in [2.05, 4.69) is 19.2 Å². The van der Waals surface area contributed by atoms with Crippen molar-refractivity contribution in [2.45, 2.75) is 45.6 Å². The number of ketones is 1. The summed E-state index contributed by atoms with van der Waals surface area (Å²) in [6.07, 6.45) is 2.69. The van der Waals surface area contributed by atoms with Gasteiger partial charge in [0.15, 0.2) is 5.78 Å². The molecule has 0 fully saturated rings. The van der Waals surface area contributed by atoms with E-state index in [0.717, 1.165) is 40.4 Å². The molecule has 0 bridgehead atoms. The highest BCUT2D eigenvalue weighted by atomic mass is 32.1. The molecule has 4 rings (SSSR count). The van der Waals surface area contributed by atoms with Crippen molar-refractivity contribution in [2.75, 3.05) is 10.2 Å². The predicted molar refractivity (Wildman–Crippen MR) is 110 cm³/mol. The molecule has 2 heterocycles. The minimum atomic E-state index is -0.352. The van der Waals surface area contributed by atoms with Crippen LogP contribution in [0.3, 0.4) is 0 Å². The number of amides is 1. The second kappa shape index (κ2) is 7.31. The Morgan fingerprint density at radius 1 is 1.22 bits per heavy atom. The van der Waals surface area contributed by atoms with E-state index in [1.807, 2.05) is 46.7 Å². The number of nitrogens with one attached hydrogen (secondary N) is 1. The van der Waals surface area contributed by atoms with Gasteiger partial charge in [-0.2, -0.15) is 0 Å². The first kappa shape index (κ1) is 18.0. The Balaban J connectivity index is 1.95. The SMILES string of the molecule is CC(C)CC(=O)N1c2ccccc2NC2=C(C(=O)CCC2)[C@@H]1c1cccs1. The molecule has 1 aromatic carbocycles. The number of hydrogen-bond donors (Lipinski definition) is 1. The summed E-state index contributed by atoms with van der Waals surface area (Å²) < 4.78 is 0. The van der Waals surface area contributed by atoms with Crippen LogP contribution < -0.4 is 10.2 Å². The second-order valence-electron chi connectivity index (χ2n) is 7.59. The maximum atomic E-state index is 13.4. The van der Waals surface area contributed by atoms with E-state index in [1.54, 1.807) is 11.3 Å². The van der Waals surface area contributed by atoms with Crippen LogP contribution in [0.2, 0.25) is 0 Å². The second-order valence-corrected chi connectivity index (χ2v) is 8.57. The first-order valence-electron chi connectivity index (χ1n) is 9.54. The third-order valence-electron chi connectivity index (χ3n) is 5.10. The Hall–Kier alpha value is -2.40. The fourth-order valence-electron chi connectivity index (χ4n) is 3.97. The molecule has 2 aliphatic rings. The Bertz CT molecular complexity index is 899. The first-order valence-corrected chi connectivity index (χ1v) is 10.4. The van der Waals surface area contributed by atoms with Crippen molar-refractivity contribution in [3.05, 3.63) is 57.9 Å². The van der Waals surface area contributed by atoms with Crippen molar-refractivity contribution in [2.24, 2.45) is 5.92 Å². The fraction of sp³-hybridized carbons (Fsp3) is 0.364. The van der Waals surface area contributed by atoms with E-state index >= 15 is 0 Å². The number of para-hydroxylation sites is 2. The van der Waals surface area contributed by atoms with Crippen LogP contribution in [0.4, 0.5) is 11.4 Å². The fourth-order valence-corrected chi connectivity index (χ4v) is 4.80. The van der Waals surface area contributed by atoms with E-state index in [-0.39, 0.29) is 23.7 Å². The van der Waals surface area contributed by atoms with E-state index < -0.39 is 0 Å². The standard InChI is InChI=1S/C22H24N2O2S/c1-14(2)13-20(26)24-17-9-4-3-7-15(17)23-16-8-5-10-18(25)21(16)22(24)19-11-6-12-27-19/h3-4,6-7,9,11-12,14,22-23H,5,8,10,13H2,1-2H3/t22-/m0/s1. The van der Waals surface area contributed by atoms with Crippen LogP contribution in [-0.2, 0) is 9.59 Å². The molecule has 27 heavy (non-hydrogen) atoms. The molecule has 0 saturated carbocycles. The number of rotatable bonds is 3. The molecule has 5 heteroatoms. The molecule has 0 spiro atoms. The smallest absolute Gasteiger partial charge is 0.228 e. The van der Waals surface area contributed by atoms with Crippen molar-refractivity contribution in [3.63, 3.8) is 0 Å². The van der Waals surface area contributed by atoms with Gasteiger partial charge in [0, 0.05) is 29.0 Å². The van der Waals surface area contributed by atoms with E-state index in [4.69, 9.17) is 0 Å². The van der Waals surface area contributed by atoms with Gasteiger partial charge in [0.05, 0.1) is 11.4 Å². The summed E-state index contributed by atoms with van der Waals surface area (Å²) in [5.74, 6) is 0.461. The number of anilines is 2. The zero-order valence-electron chi connectivity index (χ0n) is 15.7. The molecule has 1 atom stereocenters. The molecule has 0 unspecified atom stereocenters. The summed E-state index contributed by atoms with van der Waals surface area (Å²) in [6.45, 7) is 4.10. The molecule has 0 saturated heterocycles. The highest BCUT2D eigenvalue weighted by Crippen LogP contribution is 2.46. The maximum Gasteiger partial charge on any atom is 0.228 e. The zero-order valence-corrected chi connectivity index (χ0v) is 16.5. The minimum Gasteiger partial charge on any atom is -0.357 e. The van der Waals surface area contributed by atoms with Gasteiger partial charge in [-0.15, -0.1) is 11.3 Å². The van der Waals surface area contributed by atoms with Gasteiger partial charge < -0.3 is 5.32 Å². The molecular formula is C22H24N2O2S. The Morgan fingerprint density at radius 2 is 2.04 bits per heavy atom. The van der Waals surface area contributed by atoms with Crippen LogP contribution in [0.1, 0.15) is 50.4 Å². The van der Waals surface area contributed by atoms with Gasteiger partial charge in [0.1, 0.15) is 6.04 Å². The molecule has 140 valence electrons. The van der Waals surface area contributed by atoms with Crippen LogP contribution in [0.5, 0.6) is 0 Å². The number of carbonyl (C=O) groups is 2. The molecule has 1 aliphatic carbocycles. The number of allylic oxidation sites excluding steroid dienone is 1. The number of nitrogens with zero attached hydrogens (tertiary/aromatic N) is 1. The van der Waals surface area contributed by atoms with Crippen LogP contribution in [0.25, 0.3) is 0 Å². The van der Waals surface area contributed by atoms with Crippen LogP contribution in [-0.4, -0.2) is 11.7 Å². The third kappa shape index (κ3) is 3.32. The summed E-state index contributed by atoms with van der Waals surface area (Å²) in [5, 5.41) is 5.50. The summed E-state index contributed by atoms with van der Waals surface area (Å²) in [6, 6.07) is 11.6. The Morgan fingerprint density at radius 3 is 2.78 bits per heavy atom. The average molecular weight is 381 g/mol. The maximum absolute atomic E-state index is 13.4. The van der Waals surface area contributed by atoms with Crippen molar-refractivity contribution >= 4 is 34.4 Å². The number of thiophene rings is 1. The lowest BCUT2D eigenvalue weighted by molar-refractivity contribution is -0.119. The van der Waals surface area contributed by atoms with Crippen molar-refractivity contribution in [3.8, 4) is 0 Å². The first-order chi connectivity index (χ1) is 13.1. The normalized spacial score (nSPS) is 19.4. The summed E-state index contributed by atoms with van der Waals surface area (Å²) in [4.78, 5) is 29.3. The molecule has 1 aliphatic heterocycles. The van der Waals surface area contributed by atoms with E-state index in [9.17, 15) is 9.59 Å². The average Bonchev–Trinajstić information content (AvgIpc) is 3.10. The topological polar surface area (TPSA) is 49.4 Å². The number of Topliss-reactive ketones (excluding diaryl/α,β-unsaturated/α-hetero) is 1. The summed E-state index contributed by atoms with van der Waals surface area (Å²) >= 11 is 1.60. The monoisotopic (exact) mass is 380 g/mol. The zero-order chi connectivity index (χ0) is 19.0. The summed E-state index contributed by atoms with van der Waals surface area (Å²) in [7, 11) is 0. The van der Waals surface area contributed by atoms with Gasteiger partial charge in [-0.05, 0) is 42.3 Å². The quantitative estimate of drug-likeness (QED) is 0.786. The molecular weight excluding hydrogens is 356 g/mol. The lowest BCUT2D eigenvalue weighted by Gasteiger charge is -2.33. The number of carbonyl (C=O) groups excluding carboxylic acids is 2. The van der Waals surface area contributed by atoms with Gasteiger partial charge in [-0.1, -0.05) is 32.0 Å². The van der Waals surface area contributed by atoms with Crippen LogP contribution in [0.15, 0.2) is 53.0 Å². The van der Waals surface area contributed by atoms with Crippen molar-refractivity contribution < 1.29 is 9.59 Å². The molecule has 1 amide bonds.